The van der Waals surface area contributed by atoms with E-state index in [0.29, 0.717) is 10.7 Å². The summed E-state index contributed by atoms with van der Waals surface area (Å²) in [6.07, 6.45) is 1.36. The Morgan fingerprint density at radius 3 is 3.00 bits per heavy atom. The van der Waals surface area contributed by atoms with E-state index in [1.165, 1.54) is 17.7 Å². The highest BCUT2D eigenvalue weighted by molar-refractivity contribution is 7.12. The number of rotatable bonds is 5. The first-order valence-electron chi connectivity index (χ1n) is 5.63. The van der Waals surface area contributed by atoms with Gasteiger partial charge >= 0.3 is 0 Å². The van der Waals surface area contributed by atoms with Crippen LogP contribution in [0.25, 0.3) is 0 Å². The Morgan fingerprint density at radius 1 is 1.53 bits per heavy atom. The van der Waals surface area contributed by atoms with Crippen LogP contribution in [0.3, 0.4) is 0 Å². The van der Waals surface area contributed by atoms with Gasteiger partial charge < -0.3 is 10.6 Å². The number of hydrogen-bond donors (Lipinski definition) is 3. The lowest BCUT2D eigenvalue weighted by atomic mass is 10.3. The Kier molecular flexibility index (Phi) is 4.24. The van der Waals surface area contributed by atoms with E-state index in [1.54, 1.807) is 19.1 Å². The smallest absolute Gasteiger partial charge is 0.261 e. The number of aromatic amines is 1. The number of carbonyl (C=O) groups excluding carboxylic acids is 2. The van der Waals surface area contributed by atoms with Gasteiger partial charge in [-0.25, -0.2) is 4.98 Å². The van der Waals surface area contributed by atoms with Crippen LogP contribution < -0.4 is 10.6 Å². The minimum absolute atomic E-state index is 0.248. The van der Waals surface area contributed by atoms with Crippen LogP contribution in [-0.4, -0.2) is 33.0 Å². The normalized spacial score (nSPS) is 11.8. The van der Waals surface area contributed by atoms with Crippen LogP contribution in [-0.2, 0) is 11.3 Å². The topological polar surface area (TPSA) is 99.8 Å². The molecule has 0 spiro atoms. The summed E-state index contributed by atoms with van der Waals surface area (Å²) >= 11 is 1.33. The predicted molar refractivity (Wildman–Crippen MR) is 69.5 cm³/mol. The van der Waals surface area contributed by atoms with Crippen molar-refractivity contribution < 1.29 is 9.59 Å². The molecule has 2 rings (SSSR count). The van der Waals surface area contributed by atoms with Gasteiger partial charge in [0.05, 0.1) is 11.4 Å². The number of aromatic nitrogens is 3. The molecule has 3 N–H and O–H groups in total. The summed E-state index contributed by atoms with van der Waals surface area (Å²) in [6.45, 7) is 1.87. The van der Waals surface area contributed by atoms with Crippen LogP contribution in [0.4, 0.5) is 0 Å². The highest BCUT2D eigenvalue weighted by atomic mass is 32.1. The summed E-state index contributed by atoms with van der Waals surface area (Å²) in [7, 11) is 0. The molecular formula is C11H13N5O2S. The number of thiophene rings is 1. The molecule has 7 nitrogen and oxygen atoms in total. The summed E-state index contributed by atoms with van der Waals surface area (Å²) in [5.74, 6) is 0.0313. The summed E-state index contributed by atoms with van der Waals surface area (Å²) < 4.78 is 0. The van der Waals surface area contributed by atoms with Crippen LogP contribution in [0, 0.1) is 0 Å². The first-order chi connectivity index (χ1) is 9.16. The molecule has 2 heterocycles. The summed E-state index contributed by atoms with van der Waals surface area (Å²) in [5.41, 5.74) is 0. The molecule has 2 amide bonds. The molecule has 0 radical (unpaired) electrons. The molecule has 100 valence electrons. The molecule has 0 aliphatic heterocycles. The molecule has 8 heteroatoms. The molecule has 0 aliphatic carbocycles. The van der Waals surface area contributed by atoms with E-state index in [0.717, 1.165) is 0 Å². The maximum absolute atomic E-state index is 11.8. The van der Waals surface area contributed by atoms with Gasteiger partial charge in [-0.05, 0) is 18.4 Å². The Balaban J connectivity index is 1.80. The van der Waals surface area contributed by atoms with Crippen LogP contribution in [0.15, 0.2) is 23.8 Å². The molecule has 2 aromatic rings. The van der Waals surface area contributed by atoms with Crippen LogP contribution in [0.2, 0.25) is 0 Å². The number of amides is 2. The van der Waals surface area contributed by atoms with Crippen molar-refractivity contribution in [3.8, 4) is 0 Å². The zero-order valence-corrected chi connectivity index (χ0v) is 11.0. The standard InChI is InChI=1S/C11H13N5O2S/c1-7(15-11(18)8-3-2-4-19-8)10(17)12-5-9-13-6-14-16-9/h2-4,6-7H,5H2,1H3,(H,12,17)(H,15,18)(H,13,14,16). The van der Waals surface area contributed by atoms with Crippen LogP contribution in [0.1, 0.15) is 22.4 Å². The lowest BCUT2D eigenvalue weighted by Crippen LogP contribution is -2.44. The molecule has 0 fully saturated rings. The monoisotopic (exact) mass is 279 g/mol. The Hall–Kier alpha value is -2.22. The number of hydrogen-bond acceptors (Lipinski definition) is 5. The lowest BCUT2D eigenvalue weighted by Gasteiger charge is -2.12. The first kappa shape index (κ1) is 13.2. The van der Waals surface area contributed by atoms with Gasteiger partial charge in [0, 0.05) is 0 Å². The number of nitrogens with zero attached hydrogens (tertiary/aromatic N) is 2. The zero-order valence-electron chi connectivity index (χ0n) is 10.2. The maximum Gasteiger partial charge on any atom is 0.261 e. The second-order valence-electron chi connectivity index (χ2n) is 3.82. The Bertz CT molecular complexity index is 537. The molecule has 0 bridgehead atoms. The molecule has 19 heavy (non-hydrogen) atoms. The average Bonchev–Trinajstić information content (AvgIpc) is 3.08. The highest BCUT2D eigenvalue weighted by Crippen LogP contribution is 2.08. The molecule has 1 unspecified atom stereocenters. The summed E-state index contributed by atoms with van der Waals surface area (Å²) in [6, 6.07) is 2.88. The van der Waals surface area contributed by atoms with E-state index < -0.39 is 6.04 Å². The van der Waals surface area contributed by atoms with Crippen LogP contribution >= 0.6 is 11.3 Å². The van der Waals surface area contributed by atoms with Crippen molar-refractivity contribution in [1.29, 1.82) is 0 Å². The zero-order chi connectivity index (χ0) is 13.7. The van der Waals surface area contributed by atoms with Gasteiger partial charge in [0.25, 0.3) is 5.91 Å². The predicted octanol–water partition coefficient (Wildman–Crippen LogP) is 0.301. The van der Waals surface area contributed by atoms with Gasteiger partial charge in [0.2, 0.25) is 5.91 Å². The molecule has 1 atom stereocenters. The third-order valence-corrected chi connectivity index (χ3v) is 3.25. The molecular weight excluding hydrogens is 266 g/mol. The molecule has 0 saturated heterocycles. The third-order valence-electron chi connectivity index (χ3n) is 2.38. The van der Waals surface area contributed by atoms with Crippen molar-refractivity contribution in [3.05, 3.63) is 34.5 Å². The molecule has 0 saturated carbocycles. The molecule has 2 aromatic heterocycles. The quantitative estimate of drug-likeness (QED) is 0.733. The van der Waals surface area contributed by atoms with E-state index in [1.807, 2.05) is 5.38 Å². The van der Waals surface area contributed by atoms with Gasteiger partial charge in [-0.1, -0.05) is 6.07 Å². The Labute approximate surface area is 113 Å². The fourth-order valence-electron chi connectivity index (χ4n) is 1.38. The van der Waals surface area contributed by atoms with Crippen molar-refractivity contribution in [2.24, 2.45) is 0 Å². The second-order valence-corrected chi connectivity index (χ2v) is 4.77. The van der Waals surface area contributed by atoms with Gasteiger partial charge in [0.1, 0.15) is 18.2 Å². The second kappa shape index (κ2) is 6.10. The fourth-order valence-corrected chi connectivity index (χ4v) is 2.01. The van der Waals surface area contributed by atoms with Gasteiger partial charge in [0.15, 0.2) is 0 Å². The van der Waals surface area contributed by atoms with Crippen molar-refractivity contribution in [3.63, 3.8) is 0 Å². The van der Waals surface area contributed by atoms with Crippen molar-refractivity contribution in [1.82, 2.24) is 25.8 Å². The van der Waals surface area contributed by atoms with E-state index >= 15 is 0 Å². The fraction of sp³-hybridized carbons (Fsp3) is 0.273. The van der Waals surface area contributed by atoms with E-state index in [2.05, 4.69) is 25.8 Å². The van der Waals surface area contributed by atoms with Crippen molar-refractivity contribution in [2.45, 2.75) is 19.5 Å². The SMILES string of the molecule is CC(NC(=O)c1cccs1)C(=O)NCc1ncn[nH]1. The van der Waals surface area contributed by atoms with Crippen molar-refractivity contribution in [2.75, 3.05) is 0 Å². The number of H-pyrrole nitrogens is 1. The maximum atomic E-state index is 11.8. The summed E-state index contributed by atoms with van der Waals surface area (Å²) in [4.78, 5) is 28.0. The first-order valence-corrected chi connectivity index (χ1v) is 6.51. The third kappa shape index (κ3) is 3.62. The van der Waals surface area contributed by atoms with Gasteiger partial charge in [-0.15, -0.1) is 11.3 Å². The summed E-state index contributed by atoms with van der Waals surface area (Å²) in [5, 5.41) is 13.4. The minimum Gasteiger partial charge on any atom is -0.347 e. The van der Waals surface area contributed by atoms with Gasteiger partial charge in [-0.3, -0.25) is 14.7 Å². The highest BCUT2D eigenvalue weighted by Gasteiger charge is 2.16. The number of nitrogens with one attached hydrogen (secondary N) is 3. The van der Waals surface area contributed by atoms with Crippen LogP contribution in [0.5, 0.6) is 0 Å². The van der Waals surface area contributed by atoms with E-state index in [-0.39, 0.29) is 18.4 Å². The van der Waals surface area contributed by atoms with Crippen molar-refractivity contribution >= 4 is 23.2 Å². The molecule has 0 aromatic carbocycles. The Morgan fingerprint density at radius 2 is 2.37 bits per heavy atom. The van der Waals surface area contributed by atoms with E-state index in [9.17, 15) is 9.59 Å². The minimum atomic E-state index is -0.613. The number of carbonyl (C=O) groups is 2. The largest absolute Gasteiger partial charge is 0.347 e. The average molecular weight is 279 g/mol. The lowest BCUT2D eigenvalue weighted by molar-refractivity contribution is -0.122. The molecule has 0 aliphatic rings. The van der Waals surface area contributed by atoms with Gasteiger partial charge in [-0.2, -0.15) is 5.10 Å². The van der Waals surface area contributed by atoms with E-state index in [4.69, 9.17) is 0 Å².